The zero-order chi connectivity index (χ0) is 0. The maximum absolute atomic E-state index is 0. The quantitative estimate of drug-likeness (QED) is 0.381. The van der Waals surface area contributed by atoms with Crippen molar-refractivity contribution in [1.29, 1.82) is 0 Å². The minimum Gasteiger partial charge on any atom is -0.870 e. The van der Waals surface area contributed by atoms with E-state index in [2.05, 4.69) is 0 Å². The molecule has 7 heavy (non-hydrogen) atoms. The van der Waals surface area contributed by atoms with E-state index in [9.17, 15) is 0 Å². The summed E-state index contributed by atoms with van der Waals surface area (Å²) >= 11 is 0. The van der Waals surface area contributed by atoms with Gasteiger partial charge in [0, 0.05) is 0 Å². The van der Waals surface area contributed by atoms with Crippen molar-refractivity contribution in [3.63, 3.8) is 0 Å². The third-order valence-corrected chi connectivity index (χ3v) is 0. The van der Waals surface area contributed by atoms with Gasteiger partial charge in [-0.1, -0.05) is 0 Å². The average molecular weight is 152 g/mol. The topological polar surface area (TPSA) is 150 Å². The molecule has 0 aromatic rings. The molecular formula is H5AlCaO5. The van der Waals surface area contributed by atoms with Crippen LogP contribution < -0.4 is 0 Å². The van der Waals surface area contributed by atoms with Gasteiger partial charge in [0.25, 0.3) is 0 Å². The Morgan fingerprint density at radius 3 is 0.429 bits per heavy atom. The van der Waals surface area contributed by atoms with Crippen LogP contribution in [0.4, 0.5) is 0 Å². The van der Waals surface area contributed by atoms with Crippen LogP contribution in [-0.4, -0.2) is 82.5 Å². The van der Waals surface area contributed by atoms with Gasteiger partial charge in [-0.25, -0.2) is 0 Å². The Morgan fingerprint density at radius 2 is 0.429 bits per heavy atom. The maximum Gasteiger partial charge on any atom is 3.00 e. The van der Waals surface area contributed by atoms with Gasteiger partial charge < -0.3 is 27.4 Å². The molecule has 0 bridgehead atoms. The molecule has 0 radical (unpaired) electrons. The van der Waals surface area contributed by atoms with Crippen LogP contribution in [0.15, 0.2) is 0 Å². The number of hydrogen-bond acceptors (Lipinski definition) is 5. The standard InChI is InChI=1S/Al.Ca.5H2O/h;;5*1H2/q+3;+2;;;;;/p-5. The summed E-state index contributed by atoms with van der Waals surface area (Å²) in [6.45, 7) is 0. The summed E-state index contributed by atoms with van der Waals surface area (Å²) in [7, 11) is 0. The van der Waals surface area contributed by atoms with Crippen molar-refractivity contribution < 1.29 is 27.4 Å². The summed E-state index contributed by atoms with van der Waals surface area (Å²) in [5.74, 6) is 0. The molecule has 0 atom stereocenters. The van der Waals surface area contributed by atoms with E-state index in [0.717, 1.165) is 0 Å². The molecule has 0 fully saturated rings. The van der Waals surface area contributed by atoms with Gasteiger partial charge in [-0.2, -0.15) is 0 Å². The molecule has 5 nitrogen and oxygen atoms in total. The van der Waals surface area contributed by atoms with Crippen molar-refractivity contribution in [2.24, 2.45) is 0 Å². The van der Waals surface area contributed by atoms with Crippen molar-refractivity contribution >= 4 is 55.1 Å². The van der Waals surface area contributed by atoms with E-state index < -0.39 is 0 Å². The zero-order valence-corrected chi connectivity index (χ0v) is 6.88. The molecule has 0 rings (SSSR count). The molecule has 0 heterocycles. The first-order chi connectivity index (χ1) is 0. The Hall–Kier alpha value is 1.59. The minimum atomic E-state index is 0. The molecule has 0 spiro atoms. The van der Waals surface area contributed by atoms with Crippen LogP contribution in [-0.2, 0) is 0 Å². The fourth-order valence-electron chi connectivity index (χ4n) is 0. The van der Waals surface area contributed by atoms with Crippen LogP contribution in [0, 0.1) is 0 Å². The normalized spacial score (nSPS) is 0. The molecule has 0 aliphatic carbocycles. The Bertz CT molecular complexity index is 8.04. The molecule has 5 N–H and O–H groups in total. The number of rotatable bonds is 0. The Kier molecular flexibility index (Phi) is 3630. The van der Waals surface area contributed by atoms with E-state index in [0.29, 0.717) is 0 Å². The fraction of sp³-hybridized carbons (Fsp3) is 0. The van der Waals surface area contributed by atoms with Gasteiger partial charge in [0.1, 0.15) is 0 Å². The summed E-state index contributed by atoms with van der Waals surface area (Å²) in [5.41, 5.74) is 0. The van der Waals surface area contributed by atoms with E-state index >= 15 is 0 Å². The van der Waals surface area contributed by atoms with Crippen LogP contribution in [0.25, 0.3) is 0 Å². The van der Waals surface area contributed by atoms with Crippen molar-refractivity contribution in [1.82, 2.24) is 0 Å². The Balaban J connectivity index is 0. The fourth-order valence-corrected chi connectivity index (χ4v) is 0. The predicted molar refractivity (Wildman–Crippen MR) is 21.2 cm³/mol. The summed E-state index contributed by atoms with van der Waals surface area (Å²) in [6.07, 6.45) is 0. The third-order valence-electron chi connectivity index (χ3n) is 0. The van der Waals surface area contributed by atoms with Crippen molar-refractivity contribution in [2.75, 3.05) is 0 Å². The van der Waals surface area contributed by atoms with Crippen molar-refractivity contribution in [2.45, 2.75) is 0 Å². The van der Waals surface area contributed by atoms with Gasteiger partial charge in [-0.15, -0.1) is 0 Å². The van der Waals surface area contributed by atoms with Crippen molar-refractivity contribution in [3.8, 4) is 0 Å². The predicted octanol–water partition coefficient (Wildman–Crippen LogP) is -1.65. The van der Waals surface area contributed by atoms with Gasteiger partial charge in [0.15, 0.2) is 0 Å². The van der Waals surface area contributed by atoms with Gasteiger partial charge in [-0.3, -0.25) is 0 Å². The third kappa shape index (κ3) is 93.7. The largest absolute Gasteiger partial charge is 3.00 e. The Morgan fingerprint density at radius 1 is 0.429 bits per heavy atom. The molecule has 0 amide bonds. The molecule has 0 saturated carbocycles. The van der Waals surface area contributed by atoms with E-state index in [1.807, 2.05) is 0 Å². The van der Waals surface area contributed by atoms with E-state index in [-0.39, 0.29) is 82.5 Å². The molecule has 0 aromatic heterocycles. The second kappa shape index (κ2) is 130. The van der Waals surface area contributed by atoms with Crippen LogP contribution in [0.2, 0.25) is 0 Å². The van der Waals surface area contributed by atoms with Crippen LogP contribution >= 0.6 is 0 Å². The van der Waals surface area contributed by atoms with E-state index in [4.69, 9.17) is 0 Å². The first-order valence-electron chi connectivity index (χ1n) is 0. The summed E-state index contributed by atoms with van der Waals surface area (Å²) < 4.78 is 0. The monoisotopic (exact) mass is 152 g/mol. The first-order valence-corrected chi connectivity index (χ1v) is 0. The van der Waals surface area contributed by atoms with Crippen LogP contribution in [0.3, 0.4) is 0 Å². The summed E-state index contributed by atoms with van der Waals surface area (Å²) in [4.78, 5) is 0. The molecule has 7 heteroatoms. The molecule has 0 aliphatic rings. The number of hydrogen-bond donors (Lipinski definition) is 0. The molecule has 0 unspecified atom stereocenters. The zero-order valence-electron chi connectivity index (χ0n) is 3.52. The average Bonchev–Trinajstić information content (AvgIpc) is 0. The van der Waals surface area contributed by atoms with Gasteiger partial charge in [0.2, 0.25) is 0 Å². The van der Waals surface area contributed by atoms with Gasteiger partial charge >= 0.3 is 55.1 Å². The SMILES string of the molecule is [Al+3].[Ca+2].[OH-].[OH-].[OH-].[OH-].[OH-]. The van der Waals surface area contributed by atoms with E-state index in [1.54, 1.807) is 0 Å². The Labute approximate surface area is 81.8 Å². The molecule has 0 aromatic carbocycles. The van der Waals surface area contributed by atoms with Crippen LogP contribution in [0.5, 0.6) is 0 Å². The van der Waals surface area contributed by atoms with Crippen molar-refractivity contribution in [3.05, 3.63) is 0 Å². The van der Waals surface area contributed by atoms with Crippen LogP contribution in [0.1, 0.15) is 0 Å². The smallest absolute Gasteiger partial charge is 0.870 e. The van der Waals surface area contributed by atoms with Gasteiger partial charge in [-0.05, 0) is 0 Å². The second-order valence-corrected chi connectivity index (χ2v) is 0. The second-order valence-electron chi connectivity index (χ2n) is 0. The summed E-state index contributed by atoms with van der Waals surface area (Å²) in [6, 6.07) is 0. The van der Waals surface area contributed by atoms with Gasteiger partial charge in [0.05, 0.1) is 0 Å². The maximum atomic E-state index is 0. The molecular weight excluding hydrogens is 147 g/mol. The molecule has 0 saturated heterocycles. The summed E-state index contributed by atoms with van der Waals surface area (Å²) in [5, 5.41) is 0. The van der Waals surface area contributed by atoms with E-state index in [1.165, 1.54) is 0 Å². The first kappa shape index (κ1) is 195. The molecule has 40 valence electrons. The minimum absolute atomic E-state index is 0. The molecule has 0 aliphatic heterocycles.